The number of para-hydroxylation sites is 1. The van der Waals surface area contributed by atoms with Gasteiger partial charge in [-0.2, -0.15) is 0 Å². The highest BCUT2D eigenvalue weighted by molar-refractivity contribution is 7.13. The van der Waals surface area contributed by atoms with Crippen molar-refractivity contribution in [3.05, 3.63) is 71.7 Å². The van der Waals surface area contributed by atoms with Gasteiger partial charge in [-0.15, -0.1) is 11.3 Å². The fraction of sp³-hybridized carbons (Fsp3) is 0.292. The Morgan fingerprint density at radius 1 is 1.10 bits per heavy atom. The average molecular weight is 436 g/mol. The van der Waals surface area contributed by atoms with Gasteiger partial charge in [0.1, 0.15) is 16.8 Å². The van der Waals surface area contributed by atoms with E-state index in [2.05, 4.69) is 10.3 Å². The van der Waals surface area contributed by atoms with E-state index in [1.807, 2.05) is 66.0 Å². The Balaban J connectivity index is 1.25. The molecule has 31 heavy (non-hydrogen) atoms. The lowest BCUT2D eigenvalue weighted by Gasteiger charge is -2.24. The highest BCUT2D eigenvalue weighted by atomic mass is 32.1. The van der Waals surface area contributed by atoms with Crippen LogP contribution in [0.25, 0.3) is 10.6 Å². The average Bonchev–Trinajstić information content (AvgIpc) is 3.49. The van der Waals surface area contributed by atoms with Crippen LogP contribution in [0.1, 0.15) is 18.5 Å². The molecule has 1 N–H and O–H groups in total. The predicted molar refractivity (Wildman–Crippen MR) is 121 cm³/mol. The predicted octanol–water partition coefficient (Wildman–Crippen LogP) is 3.54. The Hall–Kier alpha value is -3.19. The lowest BCUT2D eigenvalue weighted by molar-refractivity contribution is -0.139. The molecule has 2 aromatic carbocycles. The molecule has 1 aliphatic heterocycles. The summed E-state index contributed by atoms with van der Waals surface area (Å²) in [6, 6.07) is 18.9. The van der Waals surface area contributed by atoms with E-state index in [9.17, 15) is 9.59 Å². The second-order valence-electron chi connectivity index (χ2n) is 7.40. The van der Waals surface area contributed by atoms with E-state index in [1.165, 1.54) is 0 Å². The van der Waals surface area contributed by atoms with Gasteiger partial charge in [0.2, 0.25) is 5.91 Å². The number of nitrogens with zero attached hydrogens (tertiary/aromatic N) is 2. The normalized spacial score (nSPS) is 15.6. The minimum atomic E-state index is -0.429. The van der Waals surface area contributed by atoms with E-state index < -0.39 is 6.04 Å². The molecule has 3 aromatic rings. The van der Waals surface area contributed by atoms with E-state index in [1.54, 1.807) is 16.2 Å². The number of hydrogen-bond acceptors (Lipinski definition) is 5. The monoisotopic (exact) mass is 435 g/mol. The Bertz CT molecular complexity index is 1010. The Morgan fingerprint density at radius 3 is 2.61 bits per heavy atom. The first kappa shape index (κ1) is 21.1. The van der Waals surface area contributed by atoms with Crippen molar-refractivity contribution in [3.63, 3.8) is 0 Å². The Morgan fingerprint density at radius 2 is 1.84 bits per heavy atom. The maximum Gasteiger partial charge on any atom is 0.261 e. The molecule has 0 saturated carbocycles. The Kier molecular flexibility index (Phi) is 6.94. The first-order valence-corrected chi connectivity index (χ1v) is 11.3. The van der Waals surface area contributed by atoms with Crippen molar-refractivity contribution in [1.82, 2.24) is 15.2 Å². The van der Waals surface area contributed by atoms with Crippen molar-refractivity contribution in [1.29, 1.82) is 0 Å². The zero-order chi connectivity index (χ0) is 21.5. The molecule has 0 bridgehead atoms. The molecule has 2 heterocycles. The zero-order valence-electron chi connectivity index (χ0n) is 17.2. The van der Waals surface area contributed by atoms with Gasteiger partial charge in [0.05, 0.1) is 5.69 Å². The van der Waals surface area contributed by atoms with Gasteiger partial charge in [-0.1, -0.05) is 48.5 Å². The SMILES string of the molecule is O=C(NCCc1csc(-c2ccccc2)n1)C1CCCN1C(=O)COc1ccccc1. The third-order valence-electron chi connectivity index (χ3n) is 5.23. The molecule has 0 radical (unpaired) electrons. The molecule has 2 amide bonds. The molecule has 1 unspecified atom stereocenters. The third-order valence-corrected chi connectivity index (χ3v) is 6.17. The first-order valence-electron chi connectivity index (χ1n) is 10.5. The van der Waals surface area contributed by atoms with Crippen LogP contribution in [-0.4, -0.2) is 47.4 Å². The number of amides is 2. The molecule has 1 saturated heterocycles. The molecule has 0 aliphatic carbocycles. The van der Waals surface area contributed by atoms with Crippen LogP contribution in [0.3, 0.4) is 0 Å². The lowest BCUT2D eigenvalue weighted by atomic mass is 10.2. The minimum absolute atomic E-state index is 0.0606. The Labute approximate surface area is 185 Å². The molecule has 1 aromatic heterocycles. The van der Waals surface area contributed by atoms with Gasteiger partial charge < -0.3 is 15.0 Å². The summed E-state index contributed by atoms with van der Waals surface area (Å²) in [4.78, 5) is 31.6. The van der Waals surface area contributed by atoms with Crippen molar-refractivity contribution in [2.75, 3.05) is 19.7 Å². The van der Waals surface area contributed by atoms with Crippen molar-refractivity contribution < 1.29 is 14.3 Å². The number of carbonyl (C=O) groups excluding carboxylic acids is 2. The van der Waals surface area contributed by atoms with Crippen LogP contribution in [0.5, 0.6) is 5.75 Å². The van der Waals surface area contributed by atoms with Crippen molar-refractivity contribution >= 4 is 23.2 Å². The smallest absolute Gasteiger partial charge is 0.261 e. The number of benzene rings is 2. The molecular formula is C24H25N3O3S. The van der Waals surface area contributed by atoms with E-state index in [0.717, 1.165) is 22.7 Å². The highest BCUT2D eigenvalue weighted by Crippen LogP contribution is 2.23. The second-order valence-corrected chi connectivity index (χ2v) is 8.26. The summed E-state index contributed by atoms with van der Waals surface area (Å²) in [7, 11) is 0. The molecule has 7 heteroatoms. The van der Waals surface area contributed by atoms with Gasteiger partial charge in [0.25, 0.3) is 5.91 Å². The minimum Gasteiger partial charge on any atom is -0.484 e. The topological polar surface area (TPSA) is 71.5 Å². The number of hydrogen-bond donors (Lipinski definition) is 1. The first-order chi connectivity index (χ1) is 15.2. The summed E-state index contributed by atoms with van der Waals surface area (Å²) in [5, 5.41) is 5.98. The quantitative estimate of drug-likeness (QED) is 0.588. The van der Waals surface area contributed by atoms with Crippen LogP contribution < -0.4 is 10.1 Å². The molecule has 6 nitrogen and oxygen atoms in total. The van der Waals surface area contributed by atoms with Crippen LogP contribution in [0, 0.1) is 0 Å². The van der Waals surface area contributed by atoms with Crippen molar-refractivity contribution in [2.45, 2.75) is 25.3 Å². The van der Waals surface area contributed by atoms with Gasteiger partial charge in [-0.25, -0.2) is 4.98 Å². The summed E-state index contributed by atoms with van der Waals surface area (Å²) < 4.78 is 5.56. The second kappa shape index (κ2) is 10.2. The number of carbonyl (C=O) groups is 2. The van der Waals surface area contributed by atoms with Gasteiger partial charge in [-0.3, -0.25) is 9.59 Å². The molecular weight excluding hydrogens is 410 g/mol. The lowest BCUT2D eigenvalue weighted by Crippen LogP contribution is -2.47. The van der Waals surface area contributed by atoms with E-state index in [0.29, 0.717) is 31.7 Å². The number of thiazole rings is 1. The molecule has 0 spiro atoms. The maximum atomic E-state index is 12.7. The summed E-state index contributed by atoms with van der Waals surface area (Å²) >= 11 is 1.60. The molecule has 1 aliphatic rings. The van der Waals surface area contributed by atoms with Crippen molar-refractivity contribution in [2.24, 2.45) is 0 Å². The molecule has 1 atom stereocenters. The largest absolute Gasteiger partial charge is 0.484 e. The third kappa shape index (κ3) is 5.49. The molecule has 160 valence electrons. The van der Waals surface area contributed by atoms with Crippen LogP contribution in [-0.2, 0) is 16.0 Å². The number of rotatable bonds is 8. The van der Waals surface area contributed by atoms with Crippen molar-refractivity contribution in [3.8, 4) is 16.3 Å². The summed E-state index contributed by atoms with van der Waals surface area (Å²) in [5.41, 5.74) is 2.06. The van der Waals surface area contributed by atoms with E-state index >= 15 is 0 Å². The van der Waals surface area contributed by atoms with Crippen LogP contribution >= 0.6 is 11.3 Å². The van der Waals surface area contributed by atoms with Crippen LogP contribution in [0.4, 0.5) is 0 Å². The van der Waals surface area contributed by atoms with Gasteiger partial charge in [0.15, 0.2) is 6.61 Å². The standard InChI is InChI=1S/C24H25N3O3S/c28-22(16-30-20-10-5-2-6-11-20)27-15-7-12-21(27)23(29)25-14-13-19-17-31-24(26-19)18-8-3-1-4-9-18/h1-6,8-11,17,21H,7,12-16H2,(H,25,29). The van der Waals surface area contributed by atoms with Crippen LogP contribution in [0.15, 0.2) is 66.0 Å². The fourth-order valence-electron chi connectivity index (χ4n) is 3.65. The van der Waals surface area contributed by atoms with Crippen LogP contribution in [0.2, 0.25) is 0 Å². The molecule has 1 fully saturated rings. The number of likely N-dealkylation sites (tertiary alicyclic amines) is 1. The number of nitrogens with one attached hydrogen (secondary N) is 1. The zero-order valence-corrected chi connectivity index (χ0v) is 18.0. The summed E-state index contributed by atoms with van der Waals surface area (Å²) in [6.45, 7) is 1.02. The summed E-state index contributed by atoms with van der Waals surface area (Å²) in [6.07, 6.45) is 2.16. The maximum absolute atomic E-state index is 12.7. The fourth-order valence-corrected chi connectivity index (χ4v) is 4.51. The highest BCUT2D eigenvalue weighted by Gasteiger charge is 2.33. The summed E-state index contributed by atoms with van der Waals surface area (Å²) in [5.74, 6) is 0.381. The van der Waals surface area contributed by atoms with Gasteiger partial charge in [-0.05, 0) is 25.0 Å². The number of ether oxygens (including phenoxy) is 1. The van der Waals surface area contributed by atoms with E-state index in [-0.39, 0.29) is 18.4 Å². The van der Waals surface area contributed by atoms with E-state index in [4.69, 9.17) is 4.74 Å². The van der Waals surface area contributed by atoms with Gasteiger partial charge in [0, 0.05) is 30.5 Å². The van der Waals surface area contributed by atoms with Gasteiger partial charge >= 0.3 is 0 Å². The number of aromatic nitrogens is 1. The molecule has 4 rings (SSSR count).